The largest absolute Gasteiger partial charge is 0.465 e. The first kappa shape index (κ1) is 29.3. The first-order valence-electron chi connectivity index (χ1n) is 11.8. The zero-order valence-corrected chi connectivity index (χ0v) is 22.5. The van der Waals surface area contributed by atoms with Crippen molar-refractivity contribution in [1.29, 1.82) is 0 Å². The van der Waals surface area contributed by atoms with Crippen LogP contribution in [0.2, 0.25) is 5.02 Å². The fourth-order valence-corrected chi connectivity index (χ4v) is 4.00. The maximum atomic E-state index is 12.6. The second-order valence-corrected chi connectivity index (χ2v) is 8.85. The van der Waals surface area contributed by atoms with Gasteiger partial charge in [0.2, 0.25) is 5.82 Å². The summed E-state index contributed by atoms with van der Waals surface area (Å²) in [5, 5.41) is 12.8. The lowest BCUT2D eigenvalue weighted by atomic mass is 10.0. The van der Waals surface area contributed by atoms with Crippen molar-refractivity contribution >= 4 is 40.5 Å². The lowest BCUT2D eigenvalue weighted by Gasteiger charge is -2.28. The summed E-state index contributed by atoms with van der Waals surface area (Å²) < 4.78 is 15.6. The molecule has 11 heteroatoms. The highest BCUT2D eigenvalue weighted by atomic mass is 35.5. The molecule has 198 valence electrons. The third kappa shape index (κ3) is 7.52. The van der Waals surface area contributed by atoms with E-state index in [1.54, 1.807) is 46.3 Å². The van der Waals surface area contributed by atoms with Crippen LogP contribution < -0.4 is 9.80 Å². The molecule has 1 aromatic carbocycles. The summed E-state index contributed by atoms with van der Waals surface area (Å²) in [4.78, 5) is 32.4. The van der Waals surface area contributed by atoms with Gasteiger partial charge in [0.1, 0.15) is 12.2 Å². The van der Waals surface area contributed by atoms with E-state index in [9.17, 15) is 14.9 Å². The number of benzene rings is 1. The summed E-state index contributed by atoms with van der Waals surface area (Å²) in [6.07, 6.45) is 0. The molecule has 0 N–H and O–H groups in total. The van der Waals surface area contributed by atoms with E-state index in [0.717, 1.165) is 5.56 Å². The van der Waals surface area contributed by atoms with Crippen LogP contribution in [0.3, 0.4) is 0 Å². The zero-order chi connectivity index (χ0) is 26.8. The molecule has 0 unspecified atom stereocenters. The topological polar surface area (TPSA) is 107 Å². The maximum Gasteiger partial charge on any atom is 0.335 e. The molecule has 0 fully saturated rings. The molecular weight excluding hydrogens is 488 g/mol. The summed E-state index contributed by atoms with van der Waals surface area (Å²) in [7, 11) is 3.13. The number of carbonyl (C=O) groups is 1. The van der Waals surface area contributed by atoms with Crippen molar-refractivity contribution in [2.24, 2.45) is 0 Å². The monoisotopic (exact) mass is 522 g/mol. The Morgan fingerprint density at radius 3 is 2.28 bits per heavy atom. The minimum absolute atomic E-state index is 0.00193. The molecular formula is C25H35ClN4O6. The number of nitrogens with zero attached hydrogens (tertiary/aromatic N) is 4. The van der Waals surface area contributed by atoms with E-state index in [0.29, 0.717) is 48.4 Å². The van der Waals surface area contributed by atoms with Gasteiger partial charge in [-0.05, 0) is 43.5 Å². The van der Waals surface area contributed by atoms with Crippen LogP contribution in [0.4, 0.5) is 22.9 Å². The molecule has 10 nitrogen and oxygen atoms in total. The first-order valence-corrected chi connectivity index (χ1v) is 12.1. The highest BCUT2D eigenvalue weighted by molar-refractivity contribution is 6.33. The van der Waals surface area contributed by atoms with E-state index in [1.807, 2.05) is 24.8 Å². The molecule has 0 saturated carbocycles. The summed E-state index contributed by atoms with van der Waals surface area (Å²) in [6.45, 7) is 8.88. The van der Waals surface area contributed by atoms with Crippen LogP contribution in [0.15, 0.2) is 24.3 Å². The van der Waals surface area contributed by atoms with Gasteiger partial charge < -0.3 is 24.0 Å². The summed E-state index contributed by atoms with van der Waals surface area (Å²) >= 11 is 6.65. The van der Waals surface area contributed by atoms with Gasteiger partial charge in [0, 0.05) is 33.0 Å². The number of pyridine rings is 1. The zero-order valence-electron chi connectivity index (χ0n) is 21.7. The molecule has 0 saturated heterocycles. The molecule has 0 radical (unpaired) electrons. The lowest BCUT2D eigenvalue weighted by Crippen LogP contribution is -2.33. The molecule has 0 amide bonds. The van der Waals surface area contributed by atoms with Crippen molar-refractivity contribution in [2.75, 3.05) is 63.5 Å². The highest BCUT2D eigenvalue weighted by Crippen LogP contribution is 2.42. The smallest absolute Gasteiger partial charge is 0.335 e. The molecule has 0 aliphatic heterocycles. The predicted octanol–water partition coefficient (Wildman–Crippen LogP) is 4.88. The number of halogens is 1. The predicted molar refractivity (Wildman–Crippen MR) is 141 cm³/mol. The molecule has 0 spiro atoms. The number of esters is 1. The van der Waals surface area contributed by atoms with Crippen LogP contribution in [0, 0.1) is 17.0 Å². The number of anilines is 3. The Bertz CT molecular complexity index is 1040. The van der Waals surface area contributed by atoms with Gasteiger partial charge in [0.25, 0.3) is 0 Å². The Morgan fingerprint density at radius 2 is 1.78 bits per heavy atom. The van der Waals surface area contributed by atoms with Crippen molar-refractivity contribution in [3.8, 4) is 0 Å². The average Bonchev–Trinajstić information content (AvgIpc) is 2.82. The maximum absolute atomic E-state index is 12.6. The summed E-state index contributed by atoms with van der Waals surface area (Å²) in [6, 6.07) is 7.08. The van der Waals surface area contributed by atoms with E-state index < -0.39 is 10.9 Å². The fourth-order valence-electron chi connectivity index (χ4n) is 3.70. The molecule has 36 heavy (non-hydrogen) atoms. The number of ether oxygens (including phenoxy) is 3. The van der Waals surface area contributed by atoms with Gasteiger partial charge >= 0.3 is 11.7 Å². The van der Waals surface area contributed by atoms with Gasteiger partial charge in [-0.15, -0.1) is 0 Å². The molecule has 1 heterocycles. The van der Waals surface area contributed by atoms with Crippen LogP contribution in [-0.4, -0.2) is 69.6 Å². The third-order valence-electron chi connectivity index (χ3n) is 5.51. The number of rotatable bonds is 14. The van der Waals surface area contributed by atoms with Gasteiger partial charge in [-0.2, -0.15) is 0 Å². The second-order valence-electron chi connectivity index (χ2n) is 8.44. The van der Waals surface area contributed by atoms with Crippen LogP contribution in [-0.2, 0) is 19.0 Å². The number of hydrogen-bond donors (Lipinski definition) is 0. The van der Waals surface area contributed by atoms with Gasteiger partial charge in [-0.25, -0.2) is 4.98 Å². The third-order valence-corrected chi connectivity index (χ3v) is 5.82. The molecule has 2 rings (SSSR count). The highest BCUT2D eigenvalue weighted by Gasteiger charge is 2.32. The molecule has 0 bridgehead atoms. The van der Waals surface area contributed by atoms with Crippen molar-refractivity contribution < 1.29 is 23.9 Å². The van der Waals surface area contributed by atoms with Crippen LogP contribution in [0.1, 0.15) is 37.9 Å². The molecule has 1 aromatic heterocycles. The van der Waals surface area contributed by atoms with Gasteiger partial charge in [0.15, 0.2) is 0 Å². The fraction of sp³-hybridized carbons (Fsp3) is 0.520. The van der Waals surface area contributed by atoms with Gasteiger partial charge in [0.05, 0.1) is 35.5 Å². The Labute approximate surface area is 217 Å². The number of hydrogen-bond acceptors (Lipinski definition) is 9. The van der Waals surface area contributed by atoms with Crippen LogP contribution >= 0.6 is 11.6 Å². The number of aryl methyl sites for hydroxylation is 1. The Kier molecular flexibility index (Phi) is 11.4. The summed E-state index contributed by atoms with van der Waals surface area (Å²) in [5.41, 5.74) is 2.05. The van der Waals surface area contributed by atoms with E-state index in [1.165, 1.54) is 4.90 Å². The minimum Gasteiger partial charge on any atom is -0.465 e. The SMILES string of the molecule is CCOC(=O)CN(c1ccc(C(C)C)cc1Cl)c1nc(C)cc(N(CCOC)CCOC)c1[N+](=O)[O-]. The van der Waals surface area contributed by atoms with Gasteiger partial charge in [-0.3, -0.25) is 14.9 Å². The normalized spacial score (nSPS) is 11.0. The van der Waals surface area contributed by atoms with E-state index in [-0.39, 0.29) is 30.6 Å². The van der Waals surface area contributed by atoms with E-state index >= 15 is 0 Å². The summed E-state index contributed by atoms with van der Waals surface area (Å²) in [5.74, 6) is -0.332. The molecule has 2 aromatic rings. The molecule has 0 atom stereocenters. The van der Waals surface area contributed by atoms with Gasteiger partial charge in [-0.1, -0.05) is 31.5 Å². The molecule has 0 aliphatic rings. The Hall–Kier alpha value is -2.95. The van der Waals surface area contributed by atoms with Crippen LogP contribution in [0.5, 0.6) is 0 Å². The Morgan fingerprint density at radius 1 is 1.14 bits per heavy atom. The average molecular weight is 523 g/mol. The number of nitro groups is 1. The standard InChI is InChI=1S/C25H35ClN4O6/c1-7-36-23(31)16-29(21-9-8-19(17(2)3)15-20(21)26)25-24(30(32)33)22(14-18(4)27-25)28(10-12-34-5)11-13-35-6/h8-9,14-15,17H,7,10-13,16H2,1-6H3. The first-order chi connectivity index (χ1) is 17.1. The van der Waals surface area contributed by atoms with Crippen molar-refractivity contribution in [2.45, 2.75) is 33.6 Å². The number of carbonyl (C=O) groups excluding carboxylic acids is 1. The van der Waals surface area contributed by atoms with Crippen molar-refractivity contribution in [1.82, 2.24) is 4.98 Å². The lowest BCUT2D eigenvalue weighted by molar-refractivity contribution is -0.383. The van der Waals surface area contributed by atoms with E-state index in [2.05, 4.69) is 4.98 Å². The second kappa shape index (κ2) is 14.0. The molecule has 0 aliphatic carbocycles. The Balaban J connectivity index is 2.77. The van der Waals surface area contributed by atoms with Crippen molar-refractivity contribution in [3.05, 3.63) is 50.7 Å². The number of methoxy groups -OCH3 is 2. The number of aromatic nitrogens is 1. The quantitative estimate of drug-likeness (QED) is 0.195. The van der Waals surface area contributed by atoms with Crippen molar-refractivity contribution in [3.63, 3.8) is 0 Å². The van der Waals surface area contributed by atoms with Crippen LogP contribution in [0.25, 0.3) is 0 Å². The van der Waals surface area contributed by atoms with E-state index in [4.69, 9.17) is 25.8 Å². The minimum atomic E-state index is -0.559.